The van der Waals surface area contributed by atoms with Gasteiger partial charge >= 0.3 is 0 Å². The Labute approximate surface area is 163 Å². The Kier molecular flexibility index (Phi) is 5.05. The molecule has 2 atom stereocenters. The number of aromatic nitrogens is 1. The number of rotatable bonds is 4. The normalized spacial score (nSPS) is 19.6. The molecule has 0 radical (unpaired) electrons. The Morgan fingerprint density at radius 3 is 2.68 bits per heavy atom. The molecule has 1 amide bonds. The highest BCUT2D eigenvalue weighted by molar-refractivity contribution is 6.07. The molecule has 1 aromatic heterocycles. The van der Waals surface area contributed by atoms with Gasteiger partial charge in [-0.15, -0.1) is 0 Å². The van der Waals surface area contributed by atoms with Gasteiger partial charge in [0.1, 0.15) is 5.82 Å². The molecule has 0 unspecified atom stereocenters. The third kappa shape index (κ3) is 3.60. The minimum absolute atomic E-state index is 0.288. The number of carbonyl (C=O) groups excluding carboxylic acids is 1. The lowest BCUT2D eigenvalue weighted by Gasteiger charge is -2.28. The van der Waals surface area contributed by atoms with Gasteiger partial charge in [-0.25, -0.2) is 4.39 Å². The number of hydrogen-bond acceptors (Lipinski definition) is 3. The average molecular weight is 381 g/mol. The van der Waals surface area contributed by atoms with Gasteiger partial charge in [-0.3, -0.25) is 4.79 Å². The largest absolute Gasteiger partial charge is 0.399 e. The van der Waals surface area contributed by atoms with Crippen LogP contribution in [0.3, 0.4) is 0 Å². The van der Waals surface area contributed by atoms with Crippen molar-refractivity contribution in [1.29, 1.82) is 0 Å². The number of nitrogens with one attached hydrogen (secondary N) is 1. The van der Waals surface area contributed by atoms with E-state index in [1.54, 1.807) is 12.3 Å². The predicted molar refractivity (Wildman–Crippen MR) is 108 cm³/mol. The number of nitrogens with zero attached hydrogens (tertiary/aromatic N) is 1. The maximum atomic E-state index is 14.6. The Balaban J connectivity index is 1.68. The fourth-order valence-electron chi connectivity index (χ4n) is 3.96. The van der Waals surface area contributed by atoms with Crippen LogP contribution in [0.15, 0.2) is 48.7 Å². The van der Waals surface area contributed by atoms with E-state index >= 15 is 0 Å². The summed E-state index contributed by atoms with van der Waals surface area (Å²) in [7, 11) is 0. The number of benzene rings is 2. The number of hydrogen-bond donors (Lipinski definition) is 3. The molecule has 0 bridgehead atoms. The molecule has 6 heteroatoms. The van der Waals surface area contributed by atoms with E-state index in [4.69, 9.17) is 5.73 Å². The number of aliphatic hydroxyl groups excluding tert-OH is 1. The van der Waals surface area contributed by atoms with Gasteiger partial charge < -0.3 is 20.7 Å². The van der Waals surface area contributed by atoms with E-state index in [0.717, 1.165) is 24.8 Å². The molecule has 3 aromatic rings. The van der Waals surface area contributed by atoms with Crippen molar-refractivity contribution in [3.05, 3.63) is 65.6 Å². The summed E-state index contributed by atoms with van der Waals surface area (Å²) >= 11 is 0. The smallest absolute Gasteiger partial charge is 0.253 e. The standard InChI is InChI=1S/C22H24FN3O2/c23-17-4-3-6-19-21(17)16(22(28)25-18-5-1-2-7-20(18)27)13-26(19)12-14-8-10-15(24)11-9-14/h3-4,6,8-11,13,18,20,27H,1-2,5,7,12,24H2,(H,25,28)/t18-,20-/m0/s1. The van der Waals surface area contributed by atoms with Crippen molar-refractivity contribution in [3.8, 4) is 0 Å². The molecule has 1 saturated carbocycles. The summed E-state index contributed by atoms with van der Waals surface area (Å²) in [6, 6.07) is 12.0. The van der Waals surface area contributed by atoms with Crippen LogP contribution in [0, 0.1) is 5.82 Å². The predicted octanol–water partition coefficient (Wildman–Crippen LogP) is 3.44. The lowest BCUT2D eigenvalue weighted by molar-refractivity contribution is 0.0718. The number of carbonyl (C=O) groups is 1. The Morgan fingerprint density at radius 1 is 1.18 bits per heavy atom. The molecule has 0 saturated heterocycles. The van der Waals surface area contributed by atoms with Crippen LogP contribution in [-0.4, -0.2) is 27.7 Å². The van der Waals surface area contributed by atoms with E-state index in [9.17, 15) is 14.3 Å². The zero-order valence-corrected chi connectivity index (χ0v) is 15.6. The molecule has 1 fully saturated rings. The van der Waals surface area contributed by atoms with Crippen LogP contribution in [0.4, 0.5) is 10.1 Å². The van der Waals surface area contributed by atoms with Crippen LogP contribution in [0.1, 0.15) is 41.6 Å². The third-order valence-electron chi connectivity index (χ3n) is 5.48. The summed E-state index contributed by atoms with van der Waals surface area (Å²) in [5.41, 5.74) is 8.38. The quantitative estimate of drug-likeness (QED) is 0.606. The molecule has 0 spiro atoms. The van der Waals surface area contributed by atoms with E-state index in [2.05, 4.69) is 5.32 Å². The van der Waals surface area contributed by atoms with Crippen molar-refractivity contribution in [2.24, 2.45) is 0 Å². The topological polar surface area (TPSA) is 80.3 Å². The molecular weight excluding hydrogens is 357 g/mol. The molecule has 4 rings (SSSR count). The summed E-state index contributed by atoms with van der Waals surface area (Å²) in [6.07, 6.45) is 4.48. The van der Waals surface area contributed by atoms with Crippen LogP contribution in [-0.2, 0) is 6.54 Å². The molecule has 1 aliphatic carbocycles. The fourth-order valence-corrected chi connectivity index (χ4v) is 3.96. The van der Waals surface area contributed by atoms with Gasteiger partial charge in [-0.2, -0.15) is 0 Å². The maximum Gasteiger partial charge on any atom is 0.253 e. The molecule has 28 heavy (non-hydrogen) atoms. The monoisotopic (exact) mass is 381 g/mol. The first-order chi connectivity index (χ1) is 13.5. The molecule has 0 aliphatic heterocycles. The van der Waals surface area contributed by atoms with Gasteiger partial charge in [0.15, 0.2) is 0 Å². The summed E-state index contributed by atoms with van der Waals surface area (Å²) in [6.45, 7) is 0.500. The van der Waals surface area contributed by atoms with Gasteiger partial charge in [-0.1, -0.05) is 31.0 Å². The Bertz CT molecular complexity index is 997. The molecule has 146 valence electrons. The molecule has 4 N–H and O–H groups in total. The van der Waals surface area contributed by atoms with Gasteiger partial charge in [0.25, 0.3) is 5.91 Å². The second kappa shape index (κ2) is 7.64. The minimum Gasteiger partial charge on any atom is -0.399 e. The highest BCUT2D eigenvalue weighted by Crippen LogP contribution is 2.26. The lowest BCUT2D eigenvalue weighted by atomic mass is 9.92. The van der Waals surface area contributed by atoms with Crippen molar-refractivity contribution in [2.45, 2.75) is 44.4 Å². The Morgan fingerprint density at radius 2 is 1.93 bits per heavy atom. The minimum atomic E-state index is -0.550. The van der Waals surface area contributed by atoms with Crippen molar-refractivity contribution in [3.63, 3.8) is 0 Å². The second-order valence-corrected chi connectivity index (χ2v) is 7.48. The third-order valence-corrected chi connectivity index (χ3v) is 5.48. The SMILES string of the molecule is Nc1ccc(Cn2cc(C(=O)N[C@H]3CCCC[C@@H]3O)c3c(F)cccc32)cc1. The van der Waals surface area contributed by atoms with Crippen LogP contribution in [0.25, 0.3) is 10.9 Å². The first kappa shape index (κ1) is 18.5. The number of nitrogens with two attached hydrogens (primary N) is 1. The number of nitrogen functional groups attached to an aromatic ring is 1. The molecule has 2 aromatic carbocycles. The number of halogens is 1. The van der Waals surface area contributed by atoms with Gasteiger partial charge in [0.2, 0.25) is 0 Å². The number of fused-ring (bicyclic) bond motifs is 1. The van der Waals surface area contributed by atoms with E-state index in [1.807, 2.05) is 34.9 Å². The number of aliphatic hydroxyl groups is 1. The molecule has 1 aliphatic rings. The number of anilines is 1. The van der Waals surface area contributed by atoms with Crippen LogP contribution in [0.2, 0.25) is 0 Å². The lowest BCUT2D eigenvalue weighted by Crippen LogP contribution is -2.45. The van der Waals surface area contributed by atoms with Gasteiger partial charge in [0.05, 0.1) is 23.2 Å². The van der Waals surface area contributed by atoms with E-state index in [1.165, 1.54) is 6.07 Å². The zero-order valence-electron chi connectivity index (χ0n) is 15.6. The maximum absolute atomic E-state index is 14.6. The zero-order chi connectivity index (χ0) is 19.7. The summed E-state index contributed by atoms with van der Waals surface area (Å²) < 4.78 is 16.5. The van der Waals surface area contributed by atoms with Crippen LogP contribution >= 0.6 is 0 Å². The van der Waals surface area contributed by atoms with Gasteiger partial charge in [-0.05, 0) is 42.7 Å². The summed E-state index contributed by atoms with van der Waals surface area (Å²) in [5, 5.41) is 13.4. The highest BCUT2D eigenvalue weighted by Gasteiger charge is 2.26. The Hall–Kier alpha value is -2.86. The summed E-state index contributed by atoms with van der Waals surface area (Å²) in [5.74, 6) is -0.778. The van der Waals surface area contributed by atoms with Gasteiger partial charge in [0, 0.05) is 23.8 Å². The van der Waals surface area contributed by atoms with E-state index in [0.29, 0.717) is 35.1 Å². The van der Waals surface area contributed by atoms with Crippen LogP contribution in [0.5, 0.6) is 0 Å². The molecule has 1 heterocycles. The average Bonchev–Trinajstić information content (AvgIpc) is 3.05. The summed E-state index contributed by atoms with van der Waals surface area (Å²) in [4.78, 5) is 12.9. The fraction of sp³-hybridized carbons (Fsp3) is 0.318. The molecular formula is C22H24FN3O2. The van der Waals surface area contributed by atoms with Crippen molar-refractivity contribution in [2.75, 3.05) is 5.73 Å². The molecule has 5 nitrogen and oxygen atoms in total. The highest BCUT2D eigenvalue weighted by atomic mass is 19.1. The van der Waals surface area contributed by atoms with Crippen molar-refractivity contribution < 1.29 is 14.3 Å². The van der Waals surface area contributed by atoms with Crippen molar-refractivity contribution >= 4 is 22.5 Å². The van der Waals surface area contributed by atoms with Crippen molar-refractivity contribution in [1.82, 2.24) is 9.88 Å². The van der Waals surface area contributed by atoms with E-state index < -0.39 is 11.9 Å². The second-order valence-electron chi connectivity index (χ2n) is 7.48. The van der Waals surface area contributed by atoms with Crippen LogP contribution < -0.4 is 11.1 Å². The van der Waals surface area contributed by atoms with E-state index in [-0.39, 0.29) is 11.9 Å². The first-order valence-electron chi connectivity index (χ1n) is 9.63. The number of amides is 1. The first-order valence-corrected chi connectivity index (χ1v) is 9.63.